The third-order valence-corrected chi connectivity index (χ3v) is 9.07. The Balaban J connectivity index is 1.39. The highest BCUT2D eigenvalue weighted by Crippen LogP contribution is 2.32. The number of imidazole rings is 1. The molecule has 0 bridgehead atoms. The number of rotatable bonds is 3. The third kappa shape index (κ3) is 3.08. The second-order valence-corrected chi connectivity index (χ2v) is 11.1. The molecule has 0 aliphatic carbocycles. The molecule has 29 heavy (non-hydrogen) atoms. The van der Waals surface area contributed by atoms with Gasteiger partial charge in [-0.05, 0) is 44.0 Å². The van der Waals surface area contributed by atoms with Gasteiger partial charge in [-0.15, -0.1) is 11.3 Å². The van der Waals surface area contributed by atoms with Crippen molar-refractivity contribution >= 4 is 44.2 Å². The van der Waals surface area contributed by atoms with E-state index in [4.69, 9.17) is 0 Å². The maximum Gasteiger partial charge on any atom is 0.252 e. The molecule has 2 aliphatic rings. The highest BCUT2D eigenvalue weighted by atomic mass is 32.2. The van der Waals surface area contributed by atoms with Gasteiger partial charge in [0.15, 0.2) is 0 Å². The average Bonchev–Trinajstić information content (AvgIpc) is 3.42. The van der Waals surface area contributed by atoms with E-state index in [1.165, 1.54) is 15.6 Å². The Morgan fingerprint density at radius 2 is 1.97 bits per heavy atom. The normalized spacial score (nSPS) is 20.3. The van der Waals surface area contributed by atoms with E-state index in [2.05, 4.69) is 9.55 Å². The van der Waals surface area contributed by atoms with Crippen LogP contribution in [0.25, 0.3) is 11.0 Å². The van der Waals surface area contributed by atoms with Crippen LogP contribution in [0, 0.1) is 12.8 Å². The van der Waals surface area contributed by atoms with Crippen LogP contribution in [0.3, 0.4) is 0 Å². The number of aromatic nitrogens is 2. The molecule has 5 rings (SSSR count). The van der Waals surface area contributed by atoms with E-state index in [1.807, 2.05) is 37.3 Å². The van der Waals surface area contributed by atoms with E-state index in [1.54, 1.807) is 11.0 Å². The summed E-state index contributed by atoms with van der Waals surface area (Å²) < 4.78 is 29.9. The molecule has 9 heteroatoms. The Labute approximate surface area is 173 Å². The van der Waals surface area contributed by atoms with E-state index < -0.39 is 10.0 Å². The Kier molecular flexibility index (Phi) is 4.49. The number of nitrogens with zero attached hydrogens (tertiary/aromatic N) is 4. The minimum atomic E-state index is -3.55. The number of sulfonamides is 1. The van der Waals surface area contributed by atoms with Gasteiger partial charge in [-0.1, -0.05) is 12.1 Å². The summed E-state index contributed by atoms with van der Waals surface area (Å²) in [4.78, 5) is 20.6. The zero-order valence-electron chi connectivity index (χ0n) is 16.1. The second-order valence-electron chi connectivity index (χ2n) is 7.61. The van der Waals surface area contributed by atoms with Crippen LogP contribution < -0.4 is 4.90 Å². The molecule has 0 saturated carbocycles. The number of carbonyl (C=O) groups excluding carboxylic acids is 1. The minimum Gasteiger partial charge on any atom is -0.308 e. The summed E-state index contributed by atoms with van der Waals surface area (Å²) >= 11 is 1.28. The van der Waals surface area contributed by atoms with Gasteiger partial charge in [0.05, 0.1) is 17.0 Å². The number of hydrogen-bond acceptors (Lipinski definition) is 5. The lowest BCUT2D eigenvalue weighted by Crippen LogP contribution is -2.46. The van der Waals surface area contributed by atoms with Crippen molar-refractivity contribution < 1.29 is 13.2 Å². The fraction of sp³-hybridized carbons (Fsp3) is 0.400. The third-order valence-electron chi connectivity index (χ3n) is 5.73. The van der Waals surface area contributed by atoms with E-state index in [9.17, 15) is 13.2 Å². The van der Waals surface area contributed by atoms with Gasteiger partial charge in [0.2, 0.25) is 11.9 Å². The summed E-state index contributed by atoms with van der Waals surface area (Å²) in [5.74, 6) is 0.303. The number of piperidine rings is 1. The van der Waals surface area contributed by atoms with Gasteiger partial charge in [0, 0.05) is 31.1 Å². The van der Waals surface area contributed by atoms with Gasteiger partial charge in [0.1, 0.15) is 4.21 Å². The molecule has 152 valence electrons. The maximum absolute atomic E-state index is 13.3. The second kappa shape index (κ2) is 6.93. The zero-order chi connectivity index (χ0) is 20.2. The van der Waals surface area contributed by atoms with Gasteiger partial charge in [-0.25, -0.2) is 13.4 Å². The van der Waals surface area contributed by atoms with Crippen molar-refractivity contribution in [3.63, 3.8) is 0 Å². The first kappa shape index (κ1) is 18.8. The standard InChI is InChI=1S/C20H22N4O3S2/c1-14-8-9-18(28-14)29(26,27)22-10-4-5-15(13-22)19(25)24-12-11-23-17-7-3-2-6-16(17)21-20(23)24/h2-3,6-9,15H,4-5,10-13H2,1H3/t15-/m1/s1. The first-order valence-electron chi connectivity index (χ1n) is 9.78. The molecule has 0 N–H and O–H groups in total. The van der Waals surface area contributed by atoms with Crippen LogP contribution in [0.15, 0.2) is 40.6 Å². The number of amides is 1. The molecule has 1 amide bonds. The summed E-state index contributed by atoms with van der Waals surface area (Å²) in [5, 5.41) is 0. The van der Waals surface area contributed by atoms with Gasteiger partial charge >= 0.3 is 0 Å². The smallest absolute Gasteiger partial charge is 0.252 e. The fourth-order valence-electron chi connectivity index (χ4n) is 4.26. The summed E-state index contributed by atoms with van der Waals surface area (Å²) in [5.41, 5.74) is 1.90. The topological polar surface area (TPSA) is 75.5 Å². The summed E-state index contributed by atoms with van der Waals surface area (Å²) in [6.45, 7) is 3.88. The van der Waals surface area contributed by atoms with Crippen LogP contribution in [-0.4, -0.2) is 47.8 Å². The number of thiophene rings is 1. The molecule has 1 aromatic carbocycles. The predicted octanol–water partition coefficient (Wildman–Crippen LogP) is 2.85. The molecular formula is C20H22N4O3S2. The predicted molar refractivity (Wildman–Crippen MR) is 113 cm³/mol. The SMILES string of the molecule is Cc1ccc(S(=O)(=O)N2CCC[C@@H](C(=O)N3CCn4c3nc3ccccc34)C2)s1. The quantitative estimate of drug-likeness (QED) is 0.640. The largest absolute Gasteiger partial charge is 0.308 e. The molecule has 0 radical (unpaired) electrons. The Hall–Kier alpha value is -2.23. The van der Waals surface area contributed by atoms with Crippen molar-refractivity contribution in [3.05, 3.63) is 41.3 Å². The van der Waals surface area contributed by atoms with Gasteiger partial charge in [0.25, 0.3) is 10.0 Å². The van der Waals surface area contributed by atoms with Crippen LogP contribution in [0.5, 0.6) is 0 Å². The Morgan fingerprint density at radius 3 is 2.76 bits per heavy atom. The number of fused-ring (bicyclic) bond motifs is 3. The number of benzene rings is 1. The highest BCUT2D eigenvalue weighted by Gasteiger charge is 2.38. The van der Waals surface area contributed by atoms with Crippen LogP contribution in [-0.2, 0) is 21.4 Å². The molecule has 1 atom stereocenters. The fourth-order valence-corrected chi connectivity index (χ4v) is 7.22. The van der Waals surface area contributed by atoms with E-state index in [-0.39, 0.29) is 18.4 Å². The molecule has 7 nitrogen and oxygen atoms in total. The van der Waals surface area contributed by atoms with Crippen LogP contribution in [0.4, 0.5) is 5.95 Å². The molecule has 0 spiro atoms. The molecule has 2 aromatic heterocycles. The highest BCUT2D eigenvalue weighted by molar-refractivity contribution is 7.91. The average molecular weight is 431 g/mol. The maximum atomic E-state index is 13.3. The Bertz CT molecular complexity index is 1200. The summed E-state index contributed by atoms with van der Waals surface area (Å²) in [7, 11) is -3.55. The lowest BCUT2D eigenvalue weighted by molar-refractivity contribution is -0.123. The first-order valence-corrected chi connectivity index (χ1v) is 12.0. The lowest BCUT2D eigenvalue weighted by atomic mass is 9.98. The molecule has 4 heterocycles. The van der Waals surface area contributed by atoms with Crippen molar-refractivity contribution in [1.29, 1.82) is 0 Å². The lowest BCUT2D eigenvalue weighted by Gasteiger charge is -2.32. The Morgan fingerprint density at radius 1 is 1.14 bits per heavy atom. The van der Waals surface area contributed by atoms with E-state index in [0.717, 1.165) is 15.9 Å². The summed E-state index contributed by atoms with van der Waals surface area (Å²) in [6.07, 6.45) is 1.38. The van der Waals surface area contributed by atoms with Gasteiger partial charge in [-0.3, -0.25) is 9.69 Å². The number of carbonyl (C=O) groups is 1. The zero-order valence-corrected chi connectivity index (χ0v) is 17.7. The van der Waals surface area contributed by atoms with E-state index >= 15 is 0 Å². The van der Waals surface area contributed by atoms with Crippen molar-refractivity contribution in [3.8, 4) is 0 Å². The van der Waals surface area contributed by atoms with Crippen LogP contribution >= 0.6 is 11.3 Å². The van der Waals surface area contributed by atoms with Crippen molar-refractivity contribution in [2.75, 3.05) is 24.5 Å². The number of aryl methyl sites for hydroxylation is 1. The number of para-hydroxylation sites is 2. The summed E-state index contributed by atoms with van der Waals surface area (Å²) in [6, 6.07) is 11.3. The monoisotopic (exact) mass is 430 g/mol. The van der Waals surface area contributed by atoms with Crippen LogP contribution in [0.2, 0.25) is 0 Å². The number of anilines is 1. The van der Waals surface area contributed by atoms with Gasteiger partial charge in [-0.2, -0.15) is 4.31 Å². The van der Waals surface area contributed by atoms with E-state index in [0.29, 0.717) is 42.6 Å². The first-order chi connectivity index (χ1) is 13.9. The molecule has 0 unspecified atom stereocenters. The van der Waals surface area contributed by atoms with Crippen LogP contribution in [0.1, 0.15) is 17.7 Å². The van der Waals surface area contributed by atoms with Gasteiger partial charge < -0.3 is 4.57 Å². The van der Waals surface area contributed by atoms with Crippen molar-refractivity contribution in [1.82, 2.24) is 13.9 Å². The van der Waals surface area contributed by atoms with Crippen molar-refractivity contribution in [2.45, 2.75) is 30.5 Å². The minimum absolute atomic E-state index is 0.0266. The molecule has 2 aliphatic heterocycles. The number of hydrogen-bond donors (Lipinski definition) is 0. The van der Waals surface area contributed by atoms with Crippen molar-refractivity contribution in [2.24, 2.45) is 5.92 Å². The molecule has 1 fully saturated rings. The molecule has 3 aromatic rings. The molecule has 1 saturated heterocycles. The molecular weight excluding hydrogens is 408 g/mol.